The lowest BCUT2D eigenvalue weighted by molar-refractivity contribution is 0.0766. The highest BCUT2D eigenvalue weighted by Gasteiger charge is 2.13. The number of carbonyl (C=O) groups excluding carboxylic acids is 1. The average Bonchev–Trinajstić information content (AvgIpc) is 2.20. The van der Waals surface area contributed by atoms with Gasteiger partial charge in [0.15, 0.2) is 10.8 Å². The number of rotatable bonds is 3. The van der Waals surface area contributed by atoms with Gasteiger partial charge in [0, 0.05) is 13.1 Å². The van der Waals surface area contributed by atoms with Crippen LogP contribution in [0.4, 0.5) is 0 Å². The Kier molecular flexibility index (Phi) is 3.83. The van der Waals surface area contributed by atoms with Crippen molar-refractivity contribution in [2.45, 2.75) is 13.8 Å². The fourth-order valence-corrected chi connectivity index (χ4v) is 1.20. The quantitative estimate of drug-likeness (QED) is 0.767. The lowest BCUT2D eigenvalue weighted by Crippen LogP contribution is -2.31. The van der Waals surface area contributed by atoms with Gasteiger partial charge in [-0.1, -0.05) is 11.6 Å². The van der Waals surface area contributed by atoms with Crippen LogP contribution in [0.2, 0.25) is 5.15 Å². The van der Waals surface area contributed by atoms with E-state index in [4.69, 9.17) is 11.6 Å². The van der Waals surface area contributed by atoms with Gasteiger partial charge in [-0.3, -0.25) is 4.79 Å². The van der Waals surface area contributed by atoms with Crippen LogP contribution in [-0.2, 0) is 0 Å². The predicted octanol–water partition coefficient (Wildman–Crippen LogP) is 1.61. The summed E-state index contributed by atoms with van der Waals surface area (Å²) >= 11 is 5.57. The van der Waals surface area contributed by atoms with Crippen LogP contribution in [0.3, 0.4) is 0 Å². The first-order valence-corrected chi connectivity index (χ1v) is 4.85. The van der Waals surface area contributed by atoms with Gasteiger partial charge >= 0.3 is 0 Å². The van der Waals surface area contributed by atoms with Crippen molar-refractivity contribution in [1.82, 2.24) is 15.1 Å². The minimum Gasteiger partial charge on any atom is -0.338 e. The molecule has 1 aromatic heterocycles. The summed E-state index contributed by atoms with van der Waals surface area (Å²) in [5.74, 6) is -0.112. The van der Waals surface area contributed by atoms with E-state index in [2.05, 4.69) is 10.2 Å². The van der Waals surface area contributed by atoms with Gasteiger partial charge in [-0.2, -0.15) is 0 Å². The molecule has 0 aliphatic rings. The third-order valence-electron chi connectivity index (χ3n) is 1.90. The summed E-state index contributed by atoms with van der Waals surface area (Å²) in [6.45, 7) is 5.18. The van der Waals surface area contributed by atoms with E-state index in [1.165, 1.54) is 0 Å². The highest BCUT2D eigenvalue weighted by Crippen LogP contribution is 2.04. The van der Waals surface area contributed by atoms with E-state index in [1.807, 2.05) is 13.8 Å². The van der Waals surface area contributed by atoms with Crippen molar-refractivity contribution in [3.8, 4) is 0 Å². The molecule has 1 amide bonds. The zero-order chi connectivity index (χ0) is 10.6. The maximum Gasteiger partial charge on any atom is 0.274 e. The molecule has 14 heavy (non-hydrogen) atoms. The molecule has 0 bridgehead atoms. The standard InChI is InChI=1S/C9H12ClN3O/c1-3-13(4-2)9(14)7-5-6-8(10)12-11-7/h5-6H,3-4H2,1-2H3. The molecule has 1 rings (SSSR count). The molecule has 0 spiro atoms. The lowest BCUT2D eigenvalue weighted by Gasteiger charge is -2.17. The predicted molar refractivity (Wildman–Crippen MR) is 54.3 cm³/mol. The normalized spacial score (nSPS) is 9.93. The molecule has 0 aromatic carbocycles. The first-order valence-electron chi connectivity index (χ1n) is 4.47. The molecule has 0 fully saturated rings. The van der Waals surface area contributed by atoms with Gasteiger partial charge in [-0.25, -0.2) is 0 Å². The number of aromatic nitrogens is 2. The molecule has 0 atom stereocenters. The Labute approximate surface area is 87.9 Å². The van der Waals surface area contributed by atoms with Crippen LogP contribution in [0.15, 0.2) is 12.1 Å². The Morgan fingerprint density at radius 3 is 2.43 bits per heavy atom. The molecule has 5 heteroatoms. The highest BCUT2D eigenvalue weighted by atomic mass is 35.5. The van der Waals surface area contributed by atoms with Crippen molar-refractivity contribution in [3.05, 3.63) is 23.0 Å². The van der Waals surface area contributed by atoms with Gasteiger partial charge in [-0.05, 0) is 26.0 Å². The van der Waals surface area contributed by atoms with E-state index >= 15 is 0 Å². The Morgan fingerprint density at radius 1 is 1.36 bits per heavy atom. The number of nitrogens with zero attached hydrogens (tertiary/aromatic N) is 3. The van der Waals surface area contributed by atoms with E-state index in [0.29, 0.717) is 23.9 Å². The van der Waals surface area contributed by atoms with E-state index in [9.17, 15) is 4.79 Å². The molecule has 0 unspecified atom stereocenters. The van der Waals surface area contributed by atoms with Gasteiger partial charge in [0.05, 0.1) is 0 Å². The second kappa shape index (κ2) is 4.91. The highest BCUT2D eigenvalue weighted by molar-refractivity contribution is 6.29. The van der Waals surface area contributed by atoms with Crippen LogP contribution >= 0.6 is 11.6 Å². The summed E-state index contributed by atoms with van der Waals surface area (Å²) in [5.41, 5.74) is 0.332. The summed E-state index contributed by atoms with van der Waals surface area (Å²) in [6.07, 6.45) is 0. The van der Waals surface area contributed by atoms with Crippen LogP contribution < -0.4 is 0 Å². The topological polar surface area (TPSA) is 46.1 Å². The van der Waals surface area contributed by atoms with Crippen LogP contribution in [0.5, 0.6) is 0 Å². The first-order chi connectivity index (χ1) is 6.69. The minimum atomic E-state index is -0.112. The smallest absolute Gasteiger partial charge is 0.274 e. The Bertz CT molecular complexity index is 308. The maximum atomic E-state index is 11.7. The largest absolute Gasteiger partial charge is 0.338 e. The molecular formula is C9H12ClN3O. The molecule has 0 radical (unpaired) electrons. The fourth-order valence-electron chi connectivity index (χ4n) is 1.10. The van der Waals surface area contributed by atoms with E-state index in [0.717, 1.165) is 0 Å². The number of halogens is 1. The zero-order valence-electron chi connectivity index (χ0n) is 8.20. The van der Waals surface area contributed by atoms with Crippen molar-refractivity contribution in [2.75, 3.05) is 13.1 Å². The second-order valence-electron chi connectivity index (χ2n) is 2.72. The number of hydrogen-bond donors (Lipinski definition) is 0. The van der Waals surface area contributed by atoms with Gasteiger partial charge in [0.2, 0.25) is 0 Å². The van der Waals surface area contributed by atoms with Crippen LogP contribution in [0.1, 0.15) is 24.3 Å². The Hall–Kier alpha value is -1.16. The van der Waals surface area contributed by atoms with Crippen LogP contribution in [-0.4, -0.2) is 34.1 Å². The van der Waals surface area contributed by atoms with Crippen LogP contribution in [0.25, 0.3) is 0 Å². The average molecular weight is 214 g/mol. The third-order valence-corrected chi connectivity index (χ3v) is 2.10. The molecule has 4 nitrogen and oxygen atoms in total. The molecule has 1 heterocycles. The number of amides is 1. The molecular weight excluding hydrogens is 202 g/mol. The van der Waals surface area contributed by atoms with E-state index < -0.39 is 0 Å². The molecule has 1 aromatic rings. The van der Waals surface area contributed by atoms with E-state index in [1.54, 1.807) is 17.0 Å². The Morgan fingerprint density at radius 2 is 2.00 bits per heavy atom. The minimum absolute atomic E-state index is 0.112. The Balaban J connectivity index is 2.83. The van der Waals surface area contributed by atoms with Crippen LogP contribution in [0, 0.1) is 0 Å². The second-order valence-corrected chi connectivity index (χ2v) is 3.11. The van der Waals surface area contributed by atoms with Crippen molar-refractivity contribution in [3.63, 3.8) is 0 Å². The zero-order valence-corrected chi connectivity index (χ0v) is 8.95. The molecule has 0 N–H and O–H groups in total. The van der Waals surface area contributed by atoms with Crippen molar-refractivity contribution in [2.24, 2.45) is 0 Å². The fraction of sp³-hybridized carbons (Fsp3) is 0.444. The van der Waals surface area contributed by atoms with Gasteiger partial charge < -0.3 is 4.90 Å². The summed E-state index contributed by atoms with van der Waals surface area (Å²) in [4.78, 5) is 13.4. The monoisotopic (exact) mass is 213 g/mol. The van der Waals surface area contributed by atoms with Crippen molar-refractivity contribution < 1.29 is 4.79 Å². The molecule has 0 aliphatic heterocycles. The summed E-state index contributed by atoms with van der Waals surface area (Å²) in [7, 11) is 0. The lowest BCUT2D eigenvalue weighted by atomic mass is 10.3. The van der Waals surface area contributed by atoms with Gasteiger partial charge in [0.1, 0.15) is 0 Å². The SMILES string of the molecule is CCN(CC)C(=O)c1ccc(Cl)nn1. The van der Waals surface area contributed by atoms with Gasteiger partial charge in [-0.15, -0.1) is 10.2 Å². The third kappa shape index (κ3) is 2.42. The summed E-state index contributed by atoms with van der Waals surface area (Å²) in [6, 6.07) is 3.14. The van der Waals surface area contributed by atoms with Gasteiger partial charge in [0.25, 0.3) is 5.91 Å². The molecule has 0 saturated carbocycles. The first kappa shape index (κ1) is 10.9. The van der Waals surface area contributed by atoms with Crippen molar-refractivity contribution >= 4 is 17.5 Å². The van der Waals surface area contributed by atoms with Crippen molar-refractivity contribution in [1.29, 1.82) is 0 Å². The maximum absolute atomic E-state index is 11.7. The molecule has 0 aliphatic carbocycles. The molecule has 0 saturated heterocycles. The van der Waals surface area contributed by atoms with E-state index in [-0.39, 0.29) is 5.91 Å². The number of carbonyl (C=O) groups is 1. The summed E-state index contributed by atoms with van der Waals surface area (Å²) < 4.78 is 0. The molecule has 76 valence electrons. The number of hydrogen-bond acceptors (Lipinski definition) is 3. The summed E-state index contributed by atoms with van der Waals surface area (Å²) in [5, 5.41) is 7.63.